The average Bonchev–Trinajstić information content (AvgIpc) is 3.27. The van der Waals surface area contributed by atoms with E-state index in [4.69, 9.17) is 4.99 Å². The number of rotatable bonds is 8. The van der Waals surface area contributed by atoms with Crippen molar-refractivity contribution in [1.82, 2.24) is 30.7 Å². The number of likely N-dealkylation sites (tertiary alicyclic amines) is 1. The molecule has 0 aliphatic carbocycles. The third kappa shape index (κ3) is 7.26. The summed E-state index contributed by atoms with van der Waals surface area (Å²) in [6, 6.07) is 9.00. The van der Waals surface area contributed by atoms with E-state index in [2.05, 4.69) is 56.7 Å². The first kappa shape index (κ1) is 23.6. The van der Waals surface area contributed by atoms with Gasteiger partial charge < -0.3 is 10.6 Å². The summed E-state index contributed by atoms with van der Waals surface area (Å²) in [7, 11) is 0. The topological polar surface area (TPSA) is 81.2 Å². The van der Waals surface area contributed by atoms with E-state index >= 15 is 0 Å². The molecule has 0 spiro atoms. The number of hydrogen-bond acceptors (Lipinski definition) is 4. The lowest BCUT2D eigenvalue weighted by molar-refractivity contribution is 0.147. The Labute approximate surface area is 191 Å². The summed E-state index contributed by atoms with van der Waals surface area (Å²) < 4.78 is 0. The number of guanidine groups is 1. The molecule has 0 bridgehead atoms. The number of aromatic amines is 1. The number of aliphatic imine (C=N–C) groups is 1. The zero-order chi connectivity index (χ0) is 19.6. The van der Waals surface area contributed by atoms with Crippen LogP contribution in [0.15, 0.2) is 35.6 Å². The molecule has 2 aromatic rings. The lowest BCUT2D eigenvalue weighted by Crippen LogP contribution is -2.45. The van der Waals surface area contributed by atoms with Crippen LogP contribution in [0.5, 0.6) is 0 Å². The fraction of sp³-hybridized carbons (Fsp3) is 0.571. The maximum atomic E-state index is 4.76. The summed E-state index contributed by atoms with van der Waals surface area (Å²) in [5, 5.41) is 13.7. The van der Waals surface area contributed by atoms with Crippen molar-refractivity contribution < 1.29 is 0 Å². The van der Waals surface area contributed by atoms with Gasteiger partial charge in [-0.3, -0.25) is 10.00 Å². The van der Waals surface area contributed by atoms with Gasteiger partial charge in [-0.25, -0.2) is 9.98 Å². The summed E-state index contributed by atoms with van der Waals surface area (Å²) in [6.45, 7) is 9.09. The molecule has 1 aliphatic rings. The van der Waals surface area contributed by atoms with Crippen LogP contribution in [0.4, 0.5) is 0 Å². The summed E-state index contributed by atoms with van der Waals surface area (Å²) >= 11 is 0. The van der Waals surface area contributed by atoms with Crippen molar-refractivity contribution in [2.75, 3.05) is 26.2 Å². The number of hydrogen-bond donors (Lipinski definition) is 3. The molecule has 1 aliphatic heterocycles. The van der Waals surface area contributed by atoms with Gasteiger partial charge in [-0.15, -0.1) is 24.0 Å². The number of halogens is 1. The first-order valence-corrected chi connectivity index (χ1v) is 10.5. The number of H-pyrrole nitrogens is 1. The third-order valence-electron chi connectivity index (χ3n) is 5.29. The Hall–Kier alpha value is -1.68. The molecule has 29 heavy (non-hydrogen) atoms. The zero-order valence-corrected chi connectivity index (χ0v) is 19.9. The Balaban J connectivity index is 0.00000300. The molecular formula is C21H34IN7. The molecule has 2 heterocycles. The SMILES string of the molecule is CCNC(=NCc1cccc(-c2ncn[nH]2)c1)NCCN1CCCCC1CC.I. The van der Waals surface area contributed by atoms with Crippen LogP contribution in [0.1, 0.15) is 45.1 Å². The van der Waals surface area contributed by atoms with Gasteiger partial charge in [0.05, 0.1) is 6.54 Å². The lowest BCUT2D eigenvalue weighted by Gasteiger charge is -2.35. The molecule has 1 atom stereocenters. The van der Waals surface area contributed by atoms with Crippen LogP contribution in [0.25, 0.3) is 11.4 Å². The fourth-order valence-electron chi connectivity index (χ4n) is 3.81. The van der Waals surface area contributed by atoms with Crippen LogP contribution in [-0.4, -0.2) is 58.3 Å². The minimum atomic E-state index is 0. The van der Waals surface area contributed by atoms with Gasteiger partial charge in [0.15, 0.2) is 11.8 Å². The third-order valence-corrected chi connectivity index (χ3v) is 5.29. The van der Waals surface area contributed by atoms with Crippen LogP contribution >= 0.6 is 24.0 Å². The second kappa shape index (κ2) is 12.8. The van der Waals surface area contributed by atoms with Gasteiger partial charge >= 0.3 is 0 Å². The standard InChI is InChI=1S/C21H33N7.HI/c1-3-19-10-5-6-12-28(19)13-11-23-21(22-4-2)24-15-17-8-7-9-18(14-17)20-25-16-26-27-20;/h7-9,14,16,19H,3-6,10-13,15H2,1-2H3,(H2,22,23,24)(H,25,26,27);1H. The molecule has 3 rings (SSSR count). The molecule has 8 heteroatoms. The Morgan fingerprint density at radius 2 is 2.17 bits per heavy atom. The molecule has 0 saturated carbocycles. The summed E-state index contributed by atoms with van der Waals surface area (Å²) in [5.74, 6) is 1.65. The summed E-state index contributed by atoms with van der Waals surface area (Å²) in [6.07, 6.45) is 6.81. The number of nitrogens with one attached hydrogen (secondary N) is 3. The Morgan fingerprint density at radius 3 is 2.93 bits per heavy atom. The molecule has 160 valence electrons. The molecule has 1 saturated heterocycles. The van der Waals surface area contributed by atoms with E-state index in [9.17, 15) is 0 Å². The molecule has 1 aromatic heterocycles. The van der Waals surface area contributed by atoms with Crippen molar-refractivity contribution in [3.8, 4) is 11.4 Å². The monoisotopic (exact) mass is 511 g/mol. The molecule has 1 unspecified atom stereocenters. The van der Waals surface area contributed by atoms with Crippen LogP contribution in [0.2, 0.25) is 0 Å². The van der Waals surface area contributed by atoms with E-state index in [-0.39, 0.29) is 24.0 Å². The van der Waals surface area contributed by atoms with E-state index in [0.29, 0.717) is 6.54 Å². The largest absolute Gasteiger partial charge is 0.357 e. The Bertz CT molecular complexity index is 732. The van der Waals surface area contributed by atoms with Crippen molar-refractivity contribution in [3.05, 3.63) is 36.2 Å². The van der Waals surface area contributed by atoms with Crippen molar-refractivity contribution in [2.45, 2.75) is 52.1 Å². The molecule has 0 amide bonds. The smallest absolute Gasteiger partial charge is 0.191 e. The van der Waals surface area contributed by atoms with E-state index in [1.807, 2.05) is 12.1 Å². The van der Waals surface area contributed by atoms with E-state index in [1.54, 1.807) is 0 Å². The average molecular weight is 511 g/mol. The quantitative estimate of drug-likeness (QED) is 0.288. The van der Waals surface area contributed by atoms with Crippen LogP contribution in [0.3, 0.4) is 0 Å². The van der Waals surface area contributed by atoms with Crippen molar-refractivity contribution in [2.24, 2.45) is 4.99 Å². The minimum absolute atomic E-state index is 0. The Kier molecular flexibility index (Phi) is 10.4. The van der Waals surface area contributed by atoms with E-state index < -0.39 is 0 Å². The summed E-state index contributed by atoms with van der Waals surface area (Å²) in [5.41, 5.74) is 2.17. The highest BCUT2D eigenvalue weighted by Crippen LogP contribution is 2.18. The molecule has 1 aromatic carbocycles. The second-order valence-corrected chi connectivity index (χ2v) is 7.25. The van der Waals surface area contributed by atoms with Crippen LogP contribution in [-0.2, 0) is 6.54 Å². The molecular weight excluding hydrogens is 477 g/mol. The first-order chi connectivity index (χ1) is 13.8. The highest BCUT2D eigenvalue weighted by atomic mass is 127. The highest BCUT2D eigenvalue weighted by molar-refractivity contribution is 14.0. The molecule has 1 fully saturated rings. The maximum Gasteiger partial charge on any atom is 0.191 e. The van der Waals surface area contributed by atoms with E-state index in [0.717, 1.165) is 48.6 Å². The maximum absolute atomic E-state index is 4.76. The van der Waals surface area contributed by atoms with Crippen molar-refractivity contribution >= 4 is 29.9 Å². The number of benzene rings is 1. The second-order valence-electron chi connectivity index (χ2n) is 7.25. The van der Waals surface area contributed by atoms with Gasteiger partial charge in [0.2, 0.25) is 0 Å². The van der Waals surface area contributed by atoms with Gasteiger partial charge in [0.25, 0.3) is 0 Å². The van der Waals surface area contributed by atoms with Crippen molar-refractivity contribution in [1.29, 1.82) is 0 Å². The van der Waals surface area contributed by atoms with Crippen LogP contribution < -0.4 is 10.6 Å². The normalized spacial score (nSPS) is 17.6. The van der Waals surface area contributed by atoms with Gasteiger partial charge in [0.1, 0.15) is 6.33 Å². The first-order valence-electron chi connectivity index (χ1n) is 10.5. The van der Waals surface area contributed by atoms with Crippen LogP contribution in [0, 0.1) is 0 Å². The highest BCUT2D eigenvalue weighted by Gasteiger charge is 2.19. The number of piperidine rings is 1. The van der Waals surface area contributed by atoms with Gasteiger partial charge in [-0.05, 0) is 44.4 Å². The number of nitrogens with zero attached hydrogens (tertiary/aromatic N) is 4. The molecule has 7 nitrogen and oxygen atoms in total. The zero-order valence-electron chi connectivity index (χ0n) is 17.5. The van der Waals surface area contributed by atoms with Gasteiger partial charge in [0, 0.05) is 31.2 Å². The van der Waals surface area contributed by atoms with E-state index in [1.165, 1.54) is 38.6 Å². The fourth-order valence-corrected chi connectivity index (χ4v) is 3.81. The molecule has 0 radical (unpaired) electrons. The lowest BCUT2D eigenvalue weighted by atomic mass is 10.0. The van der Waals surface area contributed by atoms with Gasteiger partial charge in [-0.1, -0.05) is 31.5 Å². The Morgan fingerprint density at radius 1 is 1.28 bits per heavy atom. The van der Waals surface area contributed by atoms with Gasteiger partial charge in [-0.2, -0.15) is 5.10 Å². The number of aromatic nitrogens is 3. The predicted molar refractivity (Wildman–Crippen MR) is 130 cm³/mol. The summed E-state index contributed by atoms with van der Waals surface area (Å²) in [4.78, 5) is 11.6. The van der Waals surface area contributed by atoms with Crippen molar-refractivity contribution in [3.63, 3.8) is 0 Å². The molecule has 3 N–H and O–H groups in total. The minimum Gasteiger partial charge on any atom is -0.357 e. The predicted octanol–water partition coefficient (Wildman–Crippen LogP) is 3.41.